The SMILES string of the molecule is COc1ccc(C(=O)N2C[C@H](C(C)(C)C)c3ccccc32)nn1. The van der Waals surface area contributed by atoms with E-state index < -0.39 is 0 Å². The van der Waals surface area contributed by atoms with E-state index in [-0.39, 0.29) is 11.3 Å². The monoisotopic (exact) mass is 311 g/mol. The molecule has 2 aromatic rings. The number of benzene rings is 1. The van der Waals surface area contributed by atoms with Gasteiger partial charge in [-0.2, -0.15) is 0 Å². The van der Waals surface area contributed by atoms with Gasteiger partial charge in [-0.25, -0.2) is 0 Å². The van der Waals surface area contributed by atoms with Gasteiger partial charge in [0.25, 0.3) is 5.91 Å². The van der Waals surface area contributed by atoms with E-state index in [4.69, 9.17) is 4.74 Å². The molecule has 0 spiro atoms. The molecule has 120 valence electrons. The van der Waals surface area contributed by atoms with Crippen LogP contribution in [0.1, 0.15) is 42.7 Å². The van der Waals surface area contributed by atoms with Gasteiger partial charge in [-0.1, -0.05) is 39.0 Å². The van der Waals surface area contributed by atoms with Crippen molar-refractivity contribution in [3.63, 3.8) is 0 Å². The van der Waals surface area contributed by atoms with Gasteiger partial charge in [0.1, 0.15) is 0 Å². The molecule has 0 aliphatic carbocycles. The smallest absolute Gasteiger partial charge is 0.278 e. The van der Waals surface area contributed by atoms with Crippen molar-refractivity contribution in [2.75, 3.05) is 18.6 Å². The van der Waals surface area contributed by atoms with Crippen molar-refractivity contribution < 1.29 is 9.53 Å². The fourth-order valence-corrected chi connectivity index (χ4v) is 3.02. The lowest BCUT2D eigenvalue weighted by Gasteiger charge is -2.27. The van der Waals surface area contributed by atoms with E-state index in [1.807, 2.05) is 23.1 Å². The van der Waals surface area contributed by atoms with Crippen molar-refractivity contribution in [2.45, 2.75) is 26.7 Å². The van der Waals surface area contributed by atoms with Crippen molar-refractivity contribution in [3.05, 3.63) is 47.7 Å². The largest absolute Gasteiger partial charge is 0.480 e. The zero-order chi connectivity index (χ0) is 16.6. The molecular weight excluding hydrogens is 290 g/mol. The molecule has 5 heteroatoms. The van der Waals surface area contributed by atoms with Crippen molar-refractivity contribution >= 4 is 11.6 Å². The molecule has 2 heterocycles. The third-order valence-corrected chi connectivity index (χ3v) is 4.33. The number of hydrogen-bond donors (Lipinski definition) is 0. The van der Waals surface area contributed by atoms with Gasteiger partial charge in [0, 0.05) is 24.2 Å². The van der Waals surface area contributed by atoms with Crippen LogP contribution in [0.15, 0.2) is 36.4 Å². The average Bonchev–Trinajstić information content (AvgIpc) is 2.94. The third-order valence-electron chi connectivity index (χ3n) is 4.33. The van der Waals surface area contributed by atoms with E-state index in [9.17, 15) is 4.79 Å². The second-order valence-corrected chi connectivity index (χ2v) is 6.85. The van der Waals surface area contributed by atoms with Crippen LogP contribution in [0.2, 0.25) is 0 Å². The number of carbonyl (C=O) groups excluding carboxylic acids is 1. The molecule has 1 atom stereocenters. The Hall–Kier alpha value is -2.43. The van der Waals surface area contributed by atoms with Crippen LogP contribution in [0.25, 0.3) is 0 Å². The Kier molecular flexibility index (Phi) is 3.80. The highest BCUT2D eigenvalue weighted by Crippen LogP contribution is 2.45. The fourth-order valence-electron chi connectivity index (χ4n) is 3.02. The van der Waals surface area contributed by atoms with Gasteiger partial charge in [-0.15, -0.1) is 10.2 Å². The van der Waals surface area contributed by atoms with Crippen LogP contribution in [0.4, 0.5) is 5.69 Å². The fraction of sp³-hybridized carbons (Fsp3) is 0.389. The number of rotatable bonds is 2. The van der Waals surface area contributed by atoms with Crippen LogP contribution in [0.5, 0.6) is 5.88 Å². The molecule has 5 nitrogen and oxygen atoms in total. The van der Waals surface area contributed by atoms with Gasteiger partial charge in [0.05, 0.1) is 7.11 Å². The van der Waals surface area contributed by atoms with Crippen molar-refractivity contribution in [1.29, 1.82) is 0 Å². The van der Waals surface area contributed by atoms with E-state index in [1.165, 1.54) is 12.7 Å². The lowest BCUT2D eigenvalue weighted by Crippen LogP contribution is -2.33. The Bertz CT molecular complexity index is 720. The second-order valence-electron chi connectivity index (χ2n) is 6.85. The number of amides is 1. The maximum Gasteiger partial charge on any atom is 0.278 e. The Morgan fingerprint density at radius 1 is 1.17 bits per heavy atom. The Labute approximate surface area is 136 Å². The molecule has 0 saturated carbocycles. The summed E-state index contributed by atoms with van der Waals surface area (Å²) in [6.07, 6.45) is 0. The predicted octanol–water partition coefficient (Wildman–Crippen LogP) is 3.28. The number of anilines is 1. The predicted molar refractivity (Wildman–Crippen MR) is 88.9 cm³/mol. The molecule has 1 aliphatic heterocycles. The molecule has 0 bridgehead atoms. The third kappa shape index (κ3) is 2.79. The maximum absolute atomic E-state index is 12.9. The number of hydrogen-bond acceptors (Lipinski definition) is 4. The van der Waals surface area contributed by atoms with E-state index in [0.717, 1.165) is 5.69 Å². The van der Waals surface area contributed by atoms with Crippen LogP contribution in [-0.4, -0.2) is 29.8 Å². The minimum Gasteiger partial charge on any atom is -0.480 e. The summed E-state index contributed by atoms with van der Waals surface area (Å²) in [4.78, 5) is 14.7. The zero-order valence-electron chi connectivity index (χ0n) is 13.9. The molecule has 0 N–H and O–H groups in total. The van der Waals surface area contributed by atoms with Crippen LogP contribution >= 0.6 is 0 Å². The summed E-state index contributed by atoms with van der Waals surface area (Å²) < 4.78 is 4.99. The minimum atomic E-state index is -0.126. The molecular formula is C18H21N3O2. The first-order valence-electron chi connectivity index (χ1n) is 7.70. The number of ether oxygens (including phenoxy) is 1. The van der Waals surface area contributed by atoms with Gasteiger partial charge >= 0.3 is 0 Å². The highest BCUT2D eigenvalue weighted by Gasteiger charge is 2.39. The van der Waals surface area contributed by atoms with Gasteiger partial charge in [0.2, 0.25) is 5.88 Å². The number of carbonyl (C=O) groups is 1. The summed E-state index contributed by atoms with van der Waals surface area (Å²) in [7, 11) is 1.52. The average molecular weight is 311 g/mol. The molecule has 0 fully saturated rings. The molecule has 0 unspecified atom stereocenters. The van der Waals surface area contributed by atoms with E-state index >= 15 is 0 Å². The summed E-state index contributed by atoms with van der Waals surface area (Å²) in [5, 5.41) is 7.88. The number of methoxy groups -OCH3 is 1. The highest BCUT2D eigenvalue weighted by atomic mass is 16.5. The first-order chi connectivity index (χ1) is 10.9. The van der Waals surface area contributed by atoms with E-state index in [2.05, 4.69) is 37.0 Å². The summed E-state index contributed by atoms with van der Waals surface area (Å²) >= 11 is 0. The molecule has 0 saturated heterocycles. The lowest BCUT2D eigenvalue weighted by molar-refractivity contribution is 0.0980. The van der Waals surface area contributed by atoms with E-state index in [0.29, 0.717) is 24.0 Å². The number of fused-ring (bicyclic) bond motifs is 1. The Morgan fingerprint density at radius 3 is 2.52 bits per heavy atom. The molecule has 0 radical (unpaired) electrons. The van der Waals surface area contributed by atoms with Gasteiger partial charge in [-0.05, 0) is 23.1 Å². The van der Waals surface area contributed by atoms with E-state index in [1.54, 1.807) is 12.1 Å². The number of nitrogens with zero attached hydrogens (tertiary/aromatic N) is 3. The number of para-hydroxylation sites is 1. The highest BCUT2D eigenvalue weighted by molar-refractivity contribution is 6.06. The Balaban J connectivity index is 1.95. The maximum atomic E-state index is 12.9. The van der Waals surface area contributed by atoms with Crippen LogP contribution in [0.3, 0.4) is 0 Å². The summed E-state index contributed by atoms with van der Waals surface area (Å²) in [6, 6.07) is 11.4. The van der Waals surface area contributed by atoms with Gasteiger partial charge < -0.3 is 9.64 Å². The molecule has 3 rings (SSSR count). The molecule has 1 aromatic carbocycles. The summed E-state index contributed by atoms with van der Waals surface area (Å²) in [6.45, 7) is 7.27. The second kappa shape index (κ2) is 5.65. The van der Waals surface area contributed by atoms with Crippen molar-refractivity contribution in [2.24, 2.45) is 5.41 Å². The molecule has 1 aromatic heterocycles. The minimum absolute atomic E-state index is 0.0801. The topological polar surface area (TPSA) is 55.3 Å². The Morgan fingerprint density at radius 2 is 1.91 bits per heavy atom. The quantitative estimate of drug-likeness (QED) is 0.854. The van der Waals surface area contributed by atoms with Crippen LogP contribution < -0.4 is 9.64 Å². The first kappa shape index (κ1) is 15.5. The standard InChI is InChI=1S/C18H21N3O2/c1-18(2,3)13-11-21(15-8-6-5-7-12(13)15)17(22)14-9-10-16(23-4)20-19-14/h5-10,13H,11H2,1-4H3/t13-/m0/s1. The summed E-state index contributed by atoms with van der Waals surface area (Å²) in [5.41, 5.74) is 2.59. The molecule has 23 heavy (non-hydrogen) atoms. The zero-order valence-corrected chi connectivity index (χ0v) is 13.9. The van der Waals surface area contributed by atoms with Crippen molar-refractivity contribution in [1.82, 2.24) is 10.2 Å². The van der Waals surface area contributed by atoms with Crippen LogP contribution in [-0.2, 0) is 0 Å². The normalized spacial score (nSPS) is 17.0. The van der Waals surface area contributed by atoms with Crippen LogP contribution in [0, 0.1) is 5.41 Å². The molecule has 1 amide bonds. The number of aromatic nitrogens is 2. The lowest BCUT2D eigenvalue weighted by atomic mass is 9.78. The van der Waals surface area contributed by atoms with Gasteiger partial charge in [0.15, 0.2) is 5.69 Å². The summed E-state index contributed by atoms with van der Waals surface area (Å²) in [5.74, 6) is 0.573. The van der Waals surface area contributed by atoms with Gasteiger partial charge in [-0.3, -0.25) is 4.79 Å². The first-order valence-corrected chi connectivity index (χ1v) is 7.70. The molecule has 1 aliphatic rings. The van der Waals surface area contributed by atoms with Crippen molar-refractivity contribution in [3.8, 4) is 5.88 Å².